The highest BCUT2D eigenvalue weighted by molar-refractivity contribution is 6.03. The third-order valence-electron chi connectivity index (χ3n) is 5.79. The van der Waals surface area contributed by atoms with Crippen LogP contribution in [0.1, 0.15) is 23.0 Å². The van der Waals surface area contributed by atoms with Crippen LogP contribution >= 0.6 is 0 Å². The highest BCUT2D eigenvalue weighted by atomic mass is 16.8. The molecule has 2 unspecified atom stereocenters. The Morgan fingerprint density at radius 3 is 2.83 bits per heavy atom. The van der Waals surface area contributed by atoms with Gasteiger partial charge in [0.15, 0.2) is 18.8 Å². The van der Waals surface area contributed by atoms with Crippen molar-refractivity contribution >= 4 is 11.7 Å². The Kier molecular flexibility index (Phi) is 4.09. The fraction of sp³-hybridized carbons (Fsp3) is 0.421. The summed E-state index contributed by atoms with van der Waals surface area (Å²) >= 11 is 0. The Bertz CT molecular complexity index is 1010. The maximum absolute atomic E-state index is 12.6. The van der Waals surface area contributed by atoms with E-state index in [4.69, 9.17) is 14.2 Å². The molecule has 1 aromatic heterocycles. The molecule has 1 aliphatic carbocycles. The normalized spacial score (nSPS) is 34.9. The van der Waals surface area contributed by atoms with Crippen LogP contribution in [0.25, 0.3) is 0 Å². The van der Waals surface area contributed by atoms with Crippen molar-refractivity contribution in [2.45, 2.75) is 30.1 Å². The maximum Gasteiger partial charge on any atom is 0.351 e. The summed E-state index contributed by atoms with van der Waals surface area (Å²) in [6, 6.07) is 10.0. The van der Waals surface area contributed by atoms with Gasteiger partial charge in [-0.1, -0.05) is 18.2 Å². The number of nitrogens with one attached hydrogen (secondary N) is 1. The van der Waals surface area contributed by atoms with Crippen molar-refractivity contribution in [3.8, 4) is 0 Å². The van der Waals surface area contributed by atoms with Crippen molar-refractivity contribution in [3.05, 3.63) is 58.6 Å². The molecule has 3 heterocycles. The third kappa shape index (κ3) is 2.72. The second-order valence-corrected chi connectivity index (χ2v) is 7.45. The summed E-state index contributed by atoms with van der Waals surface area (Å²) in [6.07, 6.45) is -0.0398. The molecule has 2 aliphatic heterocycles. The van der Waals surface area contributed by atoms with Crippen molar-refractivity contribution in [2.24, 2.45) is 5.92 Å². The molecule has 10 heteroatoms. The number of aromatic nitrogens is 2. The lowest BCUT2D eigenvalue weighted by molar-refractivity contribution is -0.403. The monoisotopic (exact) mass is 401 g/mol. The fourth-order valence-electron chi connectivity index (χ4n) is 4.47. The number of aliphatic hydroxyl groups excluding tert-OH is 1. The number of hydrogen-bond acceptors (Lipinski definition) is 8. The lowest BCUT2D eigenvalue weighted by Gasteiger charge is -2.56. The molecule has 3 fully saturated rings. The number of nitrogens with zero attached hydrogens (tertiary/aromatic N) is 2. The topological polar surface area (TPSA) is 132 Å². The molecule has 0 radical (unpaired) electrons. The van der Waals surface area contributed by atoms with Crippen LogP contribution in [0, 0.1) is 5.92 Å². The number of benzene rings is 1. The fourth-order valence-corrected chi connectivity index (χ4v) is 4.47. The summed E-state index contributed by atoms with van der Waals surface area (Å²) < 4.78 is 18.1. The van der Waals surface area contributed by atoms with Crippen molar-refractivity contribution in [1.29, 1.82) is 0 Å². The van der Waals surface area contributed by atoms with Crippen LogP contribution in [0.4, 0.5) is 5.82 Å². The van der Waals surface area contributed by atoms with Gasteiger partial charge in [-0.05, 0) is 18.2 Å². The number of rotatable bonds is 4. The van der Waals surface area contributed by atoms with E-state index in [-0.39, 0.29) is 31.5 Å². The first-order chi connectivity index (χ1) is 14.0. The highest BCUT2D eigenvalue weighted by Crippen LogP contribution is 2.61. The summed E-state index contributed by atoms with van der Waals surface area (Å²) in [7, 11) is 0. The number of carbonyl (C=O) groups excluding carboxylic acids is 1. The first kappa shape index (κ1) is 18.4. The van der Waals surface area contributed by atoms with E-state index in [2.05, 4.69) is 10.3 Å². The van der Waals surface area contributed by atoms with E-state index < -0.39 is 35.3 Å². The number of carbonyl (C=O) groups is 1. The SMILES string of the molecule is O=C(Nc1ccn([C@@H]2O[C@@]3(CO)CC4(O)OCO[C@H]2C43)c(=O)n1)c1ccccc1. The number of aliphatic hydroxyl groups is 2. The van der Waals surface area contributed by atoms with E-state index in [0.29, 0.717) is 5.56 Å². The molecule has 2 saturated heterocycles. The standard InChI is InChI=1S/C19H19N3O7/c23-9-18-8-19(26)14(18)13(27-10-28-19)16(29-18)22-7-6-12(21-17(22)25)20-15(24)11-4-2-1-3-5-11/h1-7,13-14,16,23,26H,8-10H2,(H,20,21,24,25)/t13-,14?,16+,18+,19?/m0/s1. The van der Waals surface area contributed by atoms with Gasteiger partial charge < -0.3 is 29.7 Å². The largest absolute Gasteiger partial charge is 0.393 e. The second-order valence-electron chi connectivity index (χ2n) is 7.45. The van der Waals surface area contributed by atoms with Crippen molar-refractivity contribution < 1.29 is 29.2 Å². The van der Waals surface area contributed by atoms with Crippen LogP contribution in [0.5, 0.6) is 0 Å². The van der Waals surface area contributed by atoms with E-state index in [1.165, 1.54) is 16.8 Å². The van der Waals surface area contributed by atoms with Crippen LogP contribution in [0.15, 0.2) is 47.4 Å². The first-order valence-electron chi connectivity index (χ1n) is 9.18. The Balaban J connectivity index is 1.40. The van der Waals surface area contributed by atoms with Crippen molar-refractivity contribution in [1.82, 2.24) is 9.55 Å². The highest BCUT2D eigenvalue weighted by Gasteiger charge is 2.75. The summed E-state index contributed by atoms with van der Waals surface area (Å²) in [5.74, 6) is -2.35. The van der Waals surface area contributed by atoms with Crippen LogP contribution in [0.3, 0.4) is 0 Å². The second kappa shape index (κ2) is 6.44. The Labute approximate surface area is 164 Å². The van der Waals surface area contributed by atoms with Gasteiger partial charge >= 0.3 is 5.69 Å². The van der Waals surface area contributed by atoms with Crippen LogP contribution in [-0.2, 0) is 14.2 Å². The lowest BCUT2D eigenvalue weighted by atomic mass is 9.63. The molecule has 10 nitrogen and oxygen atoms in total. The van der Waals surface area contributed by atoms with Gasteiger partial charge in [0.1, 0.15) is 17.5 Å². The summed E-state index contributed by atoms with van der Waals surface area (Å²) in [4.78, 5) is 28.8. The molecule has 152 valence electrons. The zero-order valence-corrected chi connectivity index (χ0v) is 15.2. The van der Waals surface area contributed by atoms with E-state index >= 15 is 0 Å². The van der Waals surface area contributed by atoms with E-state index in [1.54, 1.807) is 30.3 Å². The summed E-state index contributed by atoms with van der Waals surface area (Å²) in [5.41, 5.74) is -1.26. The minimum absolute atomic E-state index is 0.0882. The first-order valence-corrected chi connectivity index (χ1v) is 9.18. The molecule has 0 bridgehead atoms. The average molecular weight is 401 g/mol. The Hall–Kier alpha value is -2.63. The molecule has 5 atom stereocenters. The molecular weight excluding hydrogens is 382 g/mol. The molecule has 1 saturated carbocycles. The number of anilines is 1. The minimum atomic E-state index is -1.44. The molecule has 29 heavy (non-hydrogen) atoms. The van der Waals surface area contributed by atoms with Crippen LogP contribution in [-0.4, -0.2) is 56.6 Å². The number of amides is 1. The molecule has 5 rings (SSSR count). The molecule has 3 N–H and O–H groups in total. The molecule has 2 aromatic rings. The van der Waals surface area contributed by atoms with Crippen molar-refractivity contribution in [3.63, 3.8) is 0 Å². The van der Waals surface area contributed by atoms with Gasteiger partial charge in [0.25, 0.3) is 5.91 Å². The quantitative estimate of drug-likeness (QED) is 0.644. The van der Waals surface area contributed by atoms with E-state index in [0.717, 1.165) is 0 Å². The molecule has 3 aliphatic rings. The van der Waals surface area contributed by atoms with Crippen LogP contribution in [0.2, 0.25) is 0 Å². The van der Waals surface area contributed by atoms with Gasteiger partial charge in [0.2, 0.25) is 0 Å². The average Bonchev–Trinajstić information content (AvgIpc) is 3.02. The predicted octanol–water partition coefficient (Wildman–Crippen LogP) is -0.163. The van der Waals surface area contributed by atoms with Gasteiger partial charge in [-0.3, -0.25) is 9.36 Å². The Morgan fingerprint density at radius 1 is 1.31 bits per heavy atom. The van der Waals surface area contributed by atoms with Crippen molar-refractivity contribution in [2.75, 3.05) is 18.7 Å². The van der Waals surface area contributed by atoms with Gasteiger partial charge in [0.05, 0.1) is 12.5 Å². The Morgan fingerprint density at radius 2 is 2.10 bits per heavy atom. The van der Waals surface area contributed by atoms with Gasteiger partial charge in [-0.2, -0.15) is 4.98 Å². The minimum Gasteiger partial charge on any atom is -0.393 e. The molecule has 1 aromatic carbocycles. The summed E-state index contributed by atoms with van der Waals surface area (Å²) in [5, 5.41) is 22.9. The zero-order chi connectivity index (χ0) is 20.2. The van der Waals surface area contributed by atoms with E-state index in [1.807, 2.05) is 0 Å². The maximum atomic E-state index is 12.6. The van der Waals surface area contributed by atoms with Gasteiger partial charge in [0, 0.05) is 18.2 Å². The number of ether oxygens (including phenoxy) is 3. The molecule has 0 spiro atoms. The predicted molar refractivity (Wildman–Crippen MR) is 96.7 cm³/mol. The third-order valence-corrected chi connectivity index (χ3v) is 5.79. The van der Waals surface area contributed by atoms with Gasteiger partial charge in [-0.15, -0.1) is 0 Å². The summed E-state index contributed by atoms with van der Waals surface area (Å²) in [6.45, 7) is -0.487. The van der Waals surface area contributed by atoms with Gasteiger partial charge in [-0.25, -0.2) is 4.79 Å². The van der Waals surface area contributed by atoms with E-state index in [9.17, 15) is 19.8 Å². The van der Waals surface area contributed by atoms with Crippen LogP contribution < -0.4 is 11.0 Å². The molecular formula is C19H19N3O7. The molecule has 1 amide bonds. The smallest absolute Gasteiger partial charge is 0.351 e. The lowest BCUT2D eigenvalue weighted by Crippen LogP contribution is -2.71. The zero-order valence-electron chi connectivity index (χ0n) is 15.2. The number of hydrogen-bond donors (Lipinski definition) is 3.